The largest absolute Gasteiger partial charge is 0.480 e. The summed E-state index contributed by atoms with van der Waals surface area (Å²) in [7, 11) is -4.21. The van der Waals surface area contributed by atoms with Crippen LogP contribution in [0.3, 0.4) is 0 Å². The lowest BCUT2D eigenvalue weighted by Gasteiger charge is -2.41. The Labute approximate surface area is 240 Å². The van der Waals surface area contributed by atoms with Crippen LogP contribution in [0.4, 0.5) is 11.6 Å². The molecule has 1 aromatic heterocycles. The van der Waals surface area contributed by atoms with Crippen LogP contribution >= 0.6 is 0 Å². The minimum atomic E-state index is -4.21. The van der Waals surface area contributed by atoms with Gasteiger partial charge in [-0.1, -0.05) is 45.0 Å². The number of aliphatic carboxylic acids is 1. The number of nitrogens with zero attached hydrogens (tertiary/aromatic N) is 3. The Morgan fingerprint density at radius 1 is 0.976 bits per heavy atom. The standard InChI is InChI=1S/C29H36N6O5S/c1-28(2,3)29(26(37)38,34-41(39,40)24-11-5-4-6-12-24)20-32-25(36)21-9-7-10-23(19-21)35-17-13-22(14-18-35)33-27-30-15-8-16-31-27/h4-12,15-16,19,22,34H,13-14,17-18,20H2,1-3H3,(H,32,36)(H,37,38)(H,30,31,33)/t29-/m0/s1. The fourth-order valence-electron chi connectivity index (χ4n) is 4.78. The molecule has 41 heavy (non-hydrogen) atoms. The molecule has 4 rings (SSSR count). The summed E-state index contributed by atoms with van der Waals surface area (Å²) in [4.78, 5) is 36.4. The van der Waals surface area contributed by atoms with Crippen molar-refractivity contribution in [1.29, 1.82) is 0 Å². The van der Waals surface area contributed by atoms with Gasteiger partial charge in [0.05, 0.1) is 4.90 Å². The van der Waals surface area contributed by atoms with Crippen LogP contribution in [-0.4, -0.2) is 66.6 Å². The van der Waals surface area contributed by atoms with Crippen LogP contribution in [0.1, 0.15) is 44.0 Å². The molecule has 1 amide bonds. The van der Waals surface area contributed by atoms with Gasteiger partial charge >= 0.3 is 5.97 Å². The van der Waals surface area contributed by atoms with Crippen molar-refractivity contribution in [2.45, 2.75) is 50.1 Å². The fourth-order valence-corrected chi connectivity index (χ4v) is 6.34. The lowest BCUT2D eigenvalue weighted by Crippen LogP contribution is -2.67. The Morgan fingerprint density at radius 3 is 2.24 bits per heavy atom. The molecule has 1 saturated heterocycles. The molecule has 0 spiro atoms. The average Bonchev–Trinajstić information content (AvgIpc) is 2.96. The van der Waals surface area contributed by atoms with Crippen molar-refractivity contribution >= 4 is 33.5 Å². The number of carbonyl (C=O) groups is 2. The molecule has 2 aromatic carbocycles. The van der Waals surface area contributed by atoms with Crippen LogP contribution in [0.2, 0.25) is 0 Å². The third kappa shape index (κ3) is 7.01. The van der Waals surface area contributed by atoms with Gasteiger partial charge in [0.2, 0.25) is 16.0 Å². The molecular weight excluding hydrogens is 544 g/mol. The second-order valence-corrected chi connectivity index (χ2v) is 12.8. The number of carboxylic acids is 1. The molecule has 12 heteroatoms. The predicted molar refractivity (Wildman–Crippen MR) is 156 cm³/mol. The number of carboxylic acid groups (broad SMARTS) is 1. The van der Waals surface area contributed by atoms with E-state index in [0.29, 0.717) is 11.5 Å². The normalized spacial score (nSPS) is 16.0. The summed E-state index contributed by atoms with van der Waals surface area (Å²) in [6.07, 6.45) is 5.12. The Balaban J connectivity index is 1.45. The summed E-state index contributed by atoms with van der Waals surface area (Å²) < 4.78 is 28.7. The predicted octanol–water partition coefficient (Wildman–Crippen LogP) is 3.14. The molecule has 0 saturated carbocycles. The summed E-state index contributed by atoms with van der Waals surface area (Å²) in [6.45, 7) is 5.92. The summed E-state index contributed by atoms with van der Waals surface area (Å²) in [5.74, 6) is -1.29. The maximum Gasteiger partial charge on any atom is 0.327 e. The van der Waals surface area contributed by atoms with E-state index in [2.05, 4.69) is 30.2 Å². The first-order valence-electron chi connectivity index (χ1n) is 13.4. The van der Waals surface area contributed by atoms with Gasteiger partial charge in [-0.25, -0.2) is 18.4 Å². The van der Waals surface area contributed by atoms with E-state index in [9.17, 15) is 23.1 Å². The number of benzene rings is 2. The molecule has 11 nitrogen and oxygen atoms in total. The minimum absolute atomic E-state index is 0.0656. The van der Waals surface area contributed by atoms with E-state index in [4.69, 9.17) is 0 Å². The van der Waals surface area contributed by atoms with Gasteiger partial charge in [0.15, 0.2) is 5.54 Å². The number of sulfonamides is 1. The maximum absolute atomic E-state index is 13.2. The van der Waals surface area contributed by atoms with Crippen molar-refractivity contribution in [1.82, 2.24) is 20.0 Å². The quantitative estimate of drug-likeness (QED) is 0.283. The fraction of sp³-hybridized carbons (Fsp3) is 0.379. The van der Waals surface area contributed by atoms with Crippen LogP contribution in [-0.2, 0) is 14.8 Å². The van der Waals surface area contributed by atoms with Crippen molar-refractivity contribution < 1.29 is 23.1 Å². The van der Waals surface area contributed by atoms with Gasteiger partial charge in [-0.05, 0) is 54.7 Å². The number of amides is 1. The number of nitrogens with one attached hydrogen (secondary N) is 3. The highest BCUT2D eigenvalue weighted by Gasteiger charge is 2.52. The Morgan fingerprint density at radius 2 is 1.63 bits per heavy atom. The summed E-state index contributed by atoms with van der Waals surface area (Å²) in [5.41, 5.74) is -1.90. The highest BCUT2D eigenvalue weighted by molar-refractivity contribution is 7.89. The summed E-state index contributed by atoms with van der Waals surface area (Å²) in [5, 5.41) is 16.3. The lowest BCUT2D eigenvalue weighted by molar-refractivity contribution is -0.148. The van der Waals surface area contributed by atoms with Crippen molar-refractivity contribution in [3.63, 3.8) is 0 Å². The van der Waals surface area contributed by atoms with Crippen LogP contribution < -0.4 is 20.3 Å². The molecule has 4 N–H and O–H groups in total. The monoisotopic (exact) mass is 580 g/mol. The van der Waals surface area contributed by atoms with Gasteiger partial charge in [0, 0.05) is 49.3 Å². The molecular formula is C29H36N6O5S. The van der Waals surface area contributed by atoms with Crippen LogP contribution in [0.15, 0.2) is 78.0 Å². The first-order chi connectivity index (χ1) is 19.4. The number of carbonyl (C=O) groups excluding carboxylic acids is 1. The highest BCUT2D eigenvalue weighted by atomic mass is 32.2. The van der Waals surface area contributed by atoms with E-state index in [0.717, 1.165) is 31.6 Å². The summed E-state index contributed by atoms with van der Waals surface area (Å²) >= 11 is 0. The Hall–Kier alpha value is -4.03. The first kappa shape index (κ1) is 29.9. The first-order valence-corrected chi connectivity index (χ1v) is 14.9. The number of hydrogen-bond donors (Lipinski definition) is 4. The van der Waals surface area contributed by atoms with Crippen molar-refractivity contribution in [3.05, 3.63) is 78.6 Å². The van der Waals surface area contributed by atoms with Crippen LogP contribution in [0.25, 0.3) is 0 Å². The number of anilines is 2. The zero-order chi connectivity index (χ0) is 29.7. The molecule has 0 unspecified atom stereocenters. The van der Waals surface area contributed by atoms with E-state index in [1.54, 1.807) is 75.6 Å². The van der Waals surface area contributed by atoms with E-state index in [-0.39, 0.29) is 10.9 Å². The van der Waals surface area contributed by atoms with Gasteiger partial charge in [0.1, 0.15) is 0 Å². The van der Waals surface area contributed by atoms with E-state index < -0.39 is 39.4 Å². The SMILES string of the molecule is CC(C)(C)[C@@](CNC(=O)c1cccc(N2CCC(Nc3ncccn3)CC2)c1)(NS(=O)(=O)c1ccccc1)C(=O)O. The molecule has 0 radical (unpaired) electrons. The molecule has 1 aliphatic rings. The molecule has 1 atom stereocenters. The average molecular weight is 581 g/mol. The minimum Gasteiger partial charge on any atom is -0.480 e. The van der Waals surface area contributed by atoms with E-state index in [1.165, 1.54) is 12.1 Å². The maximum atomic E-state index is 13.2. The van der Waals surface area contributed by atoms with Crippen molar-refractivity contribution in [3.8, 4) is 0 Å². The second-order valence-electron chi connectivity index (χ2n) is 11.1. The zero-order valence-electron chi connectivity index (χ0n) is 23.4. The summed E-state index contributed by atoms with van der Waals surface area (Å²) in [6, 6.07) is 16.7. The molecule has 218 valence electrons. The lowest BCUT2D eigenvalue weighted by atomic mass is 9.74. The number of aromatic nitrogens is 2. The van der Waals surface area contributed by atoms with Crippen LogP contribution in [0.5, 0.6) is 0 Å². The van der Waals surface area contributed by atoms with Gasteiger partial charge < -0.3 is 20.6 Å². The van der Waals surface area contributed by atoms with E-state index >= 15 is 0 Å². The Kier molecular flexibility index (Phi) is 8.93. The van der Waals surface area contributed by atoms with Crippen molar-refractivity contribution in [2.24, 2.45) is 5.41 Å². The molecule has 0 bridgehead atoms. The number of rotatable bonds is 10. The molecule has 0 aliphatic carbocycles. The molecule has 1 fully saturated rings. The number of piperidine rings is 1. The van der Waals surface area contributed by atoms with E-state index in [1.807, 2.05) is 6.07 Å². The third-order valence-electron chi connectivity index (χ3n) is 7.39. The smallest absolute Gasteiger partial charge is 0.327 e. The van der Waals surface area contributed by atoms with Gasteiger partial charge in [0.25, 0.3) is 5.91 Å². The van der Waals surface area contributed by atoms with Crippen LogP contribution in [0, 0.1) is 5.41 Å². The Bertz CT molecular complexity index is 1460. The topological polar surface area (TPSA) is 154 Å². The molecule has 3 aromatic rings. The highest BCUT2D eigenvalue weighted by Crippen LogP contribution is 2.32. The molecule has 1 aliphatic heterocycles. The zero-order valence-corrected chi connectivity index (χ0v) is 24.2. The second kappa shape index (κ2) is 12.2. The van der Waals surface area contributed by atoms with Gasteiger partial charge in [-0.15, -0.1) is 0 Å². The van der Waals surface area contributed by atoms with Crippen molar-refractivity contribution in [2.75, 3.05) is 29.9 Å². The number of hydrogen-bond acceptors (Lipinski definition) is 8. The van der Waals surface area contributed by atoms with Gasteiger partial charge in [-0.3, -0.25) is 9.59 Å². The molecule has 2 heterocycles. The van der Waals surface area contributed by atoms with Gasteiger partial charge in [-0.2, -0.15) is 4.72 Å². The third-order valence-corrected chi connectivity index (χ3v) is 8.90.